The number of aliphatic hydroxyl groups excluding tert-OH is 10. The van der Waals surface area contributed by atoms with Crippen molar-refractivity contribution in [3.05, 3.63) is 0 Å². The minimum Gasteiger partial charge on any atom is -0.394 e. The van der Waals surface area contributed by atoms with Crippen LogP contribution in [0.2, 0.25) is 0 Å². The summed E-state index contributed by atoms with van der Waals surface area (Å²) >= 11 is 0. The zero-order chi connectivity index (χ0) is 82.1. The van der Waals surface area contributed by atoms with Crippen LogP contribution in [0.15, 0.2) is 0 Å². The summed E-state index contributed by atoms with van der Waals surface area (Å²) in [7, 11) is -18.5. The van der Waals surface area contributed by atoms with Gasteiger partial charge in [0.05, 0.1) is 129 Å². The highest BCUT2D eigenvalue weighted by Gasteiger charge is 2.47. The molecule has 0 saturated carbocycles. The van der Waals surface area contributed by atoms with E-state index in [9.17, 15) is 93.7 Å². The van der Waals surface area contributed by atoms with Crippen molar-refractivity contribution < 1.29 is 187 Å². The Kier molecular flexibility index (Phi) is 55.3. The molecule has 1 amide bonds. The number of phosphoric ester groups is 4. The highest BCUT2D eigenvalue weighted by Crippen LogP contribution is 2.47. The van der Waals surface area contributed by atoms with E-state index in [1.54, 1.807) is 13.8 Å². The Bertz CT molecular complexity index is 2480. The SMILES string of the molecule is CC(=O)NC1[C@H](OCCCCCCOP(=O)(O)OCCCOCC(COCCCOP(=O)(O)OCCCCCCO[C@@H]2OC(CO)[C@H](O)[C@H](O)C2C)(COCCCOP(=O)(O)OCCCCCCO[C@@H]2OC(CO)[C@H](O)[C@H](O)C2C)COP(=O)(O)OCCCOCC(CO)OCCCCOC(C)C)OC(CO)[C@H](O)[C@@H]1O. The van der Waals surface area contributed by atoms with Crippen LogP contribution < -0.4 is 5.32 Å². The Morgan fingerprint density at radius 1 is 0.378 bits per heavy atom. The van der Waals surface area contributed by atoms with E-state index in [2.05, 4.69) is 5.32 Å². The summed E-state index contributed by atoms with van der Waals surface area (Å²) in [5.41, 5.74) is -1.49. The van der Waals surface area contributed by atoms with Gasteiger partial charge in [-0.25, -0.2) is 18.3 Å². The van der Waals surface area contributed by atoms with Crippen molar-refractivity contribution in [3.8, 4) is 0 Å². The third kappa shape index (κ3) is 45.3. The largest absolute Gasteiger partial charge is 0.472 e. The van der Waals surface area contributed by atoms with Crippen LogP contribution in [0.25, 0.3) is 0 Å². The van der Waals surface area contributed by atoms with E-state index in [0.29, 0.717) is 96.7 Å². The van der Waals surface area contributed by atoms with E-state index < -0.39 is 167 Å². The minimum atomic E-state index is -4.89. The smallest absolute Gasteiger partial charge is 0.394 e. The van der Waals surface area contributed by atoms with Crippen LogP contribution in [0.3, 0.4) is 0 Å². The molecule has 0 spiro atoms. The highest BCUT2D eigenvalue weighted by molar-refractivity contribution is 7.48. The lowest BCUT2D eigenvalue weighted by molar-refractivity contribution is -0.282. The third-order valence-corrected chi connectivity index (χ3v) is 21.7. The fourth-order valence-corrected chi connectivity index (χ4v) is 14.5. The second-order valence-electron chi connectivity index (χ2n) is 27.8. The number of phosphoric acid groups is 4. The molecular weight excluding hydrogens is 1570 g/mol. The molecule has 15 N–H and O–H groups in total. The van der Waals surface area contributed by atoms with Crippen LogP contribution in [0.5, 0.6) is 0 Å². The maximum atomic E-state index is 13.5. The topological polar surface area (TPSA) is 565 Å². The van der Waals surface area contributed by atoms with Crippen molar-refractivity contribution in [1.82, 2.24) is 5.32 Å². The predicted octanol–water partition coefficient (Wildman–Crippen LogP) is 2.54. The first-order chi connectivity index (χ1) is 52.8. The van der Waals surface area contributed by atoms with Gasteiger partial charge in [0.1, 0.15) is 54.9 Å². The van der Waals surface area contributed by atoms with Gasteiger partial charge in [0.25, 0.3) is 0 Å². The van der Waals surface area contributed by atoms with Gasteiger partial charge in [-0.05, 0) is 90.9 Å². The Labute approximate surface area is 651 Å². The predicted molar refractivity (Wildman–Crippen MR) is 391 cm³/mol. The summed E-state index contributed by atoms with van der Waals surface area (Å²) in [4.78, 5) is 54.1. The zero-order valence-corrected chi connectivity index (χ0v) is 68.6. The minimum absolute atomic E-state index is 0.00723. The van der Waals surface area contributed by atoms with Gasteiger partial charge in [-0.2, -0.15) is 0 Å². The molecule has 3 rings (SSSR count). The number of ether oxygens (including phenoxy) is 12. The van der Waals surface area contributed by atoms with Gasteiger partial charge in [-0.1, -0.05) is 52.4 Å². The summed E-state index contributed by atoms with van der Waals surface area (Å²) in [6.45, 7) is 4.38. The number of hydrogen-bond donors (Lipinski definition) is 15. The van der Waals surface area contributed by atoms with Gasteiger partial charge in [-0.15, -0.1) is 0 Å². The molecule has 11 unspecified atom stereocenters. The van der Waals surface area contributed by atoms with Crippen LogP contribution in [0, 0.1) is 17.3 Å². The first kappa shape index (κ1) is 104. The van der Waals surface area contributed by atoms with E-state index in [4.69, 9.17) is 93.0 Å². The molecule has 3 heterocycles. The van der Waals surface area contributed by atoms with Crippen molar-refractivity contribution in [2.24, 2.45) is 17.3 Å². The Balaban J connectivity index is 1.61. The van der Waals surface area contributed by atoms with Gasteiger partial charge < -0.3 is 133 Å². The van der Waals surface area contributed by atoms with Crippen molar-refractivity contribution in [3.63, 3.8) is 0 Å². The molecule has 0 aromatic heterocycles. The molecule has 3 saturated heterocycles. The molecule has 40 nitrogen and oxygen atoms in total. The maximum absolute atomic E-state index is 13.5. The normalized spacial score (nSPS) is 27.6. The second kappa shape index (κ2) is 58.9. The van der Waals surface area contributed by atoms with Crippen LogP contribution in [0.4, 0.5) is 0 Å². The summed E-state index contributed by atoms with van der Waals surface area (Å²) in [5, 5.41) is 102. The molecule has 0 aliphatic carbocycles. The van der Waals surface area contributed by atoms with Crippen LogP contribution in [0.1, 0.15) is 150 Å². The van der Waals surface area contributed by atoms with Crippen LogP contribution in [-0.4, -0.2) is 334 Å². The third-order valence-electron chi connectivity index (χ3n) is 17.7. The van der Waals surface area contributed by atoms with Crippen LogP contribution >= 0.6 is 31.3 Å². The van der Waals surface area contributed by atoms with E-state index in [1.165, 1.54) is 6.92 Å². The number of amides is 1. The molecule has 660 valence electrons. The first-order valence-corrected chi connectivity index (χ1v) is 44.4. The zero-order valence-electron chi connectivity index (χ0n) is 65.0. The monoisotopic (exact) mass is 1700 g/mol. The van der Waals surface area contributed by atoms with E-state index >= 15 is 0 Å². The summed E-state index contributed by atoms with van der Waals surface area (Å²) in [6, 6.07) is -1.10. The van der Waals surface area contributed by atoms with Gasteiger partial charge in [0, 0.05) is 78.2 Å². The van der Waals surface area contributed by atoms with Crippen molar-refractivity contribution >= 4 is 37.2 Å². The standard InChI is InChI=1S/C67H133NO39P4/c1-49(2)92-28-18-19-29-93-53(40-69)44-88-24-20-36-103-111(86,87)104-48-67(45-89-25-21-37-100-108(80,81)97-33-15-9-6-12-30-94-64-50(3)58(74)60(76)54(41-70)105-64,46-90-26-22-38-101-109(82,83)98-34-16-10-7-13-31-95-65-51(4)59(75)61(77)55(42-71)106-65)47-91-27-23-39-102-110(84,85)99-35-17-11-8-14-32-96-66-57(68-52(5)73)63(79)62(78)56(43-72)107-66/h49-51,53-66,69-72,74-79H,6-48H2,1-5H3,(H,68,73)(H,80,81)(H,82,83)(H,84,85)(H,86,87)/t50?,51?,53?,54?,55?,56?,57?,58-,59-,60+,61+,62+,63-,64-,65-,66-,67?/m1/s1. The van der Waals surface area contributed by atoms with E-state index in [1.807, 2.05) is 13.8 Å². The molecule has 3 aliphatic rings. The molecule has 3 aliphatic heterocycles. The average molecular weight is 1700 g/mol. The maximum Gasteiger partial charge on any atom is 0.472 e. The molecule has 3 fully saturated rings. The van der Waals surface area contributed by atoms with Crippen molar-refractivity contribution in [2.75, 3.05) is 165 Å². The summed E-state index contributed by atoms with van der Waals surface area (Å²) in [5.74, 6) is -1.59. The lowest BCUT2D eigenvalue weighted by Gasteiger charge is -2.42. The molecular formula is C67H133NO39P4. The fraction of sp³-hybridized carbons (Fsp3) is 0.985. The van der Waals surface area contributed by atoms with Gasteiger partial charge in [-0.3, -0.25) is 41.0 Å². The number of aliphatic hydroxyl groups is 10. The number of nitrogens with one attached hydrogen (secondary N) is 1. The summed E-state index contributed by atoms with van der Waals surface area (Å²) in [6.07, 6.45) is -6.28. The Hall–Kier alpha value is -0.970. The number of unbranched alkanes of at least 4 members (excludes halogenated alkanes) is 10. The van der Waals surface area contributed by atoms with Crippen LogP contribution in [-0.2, 0) is 116 Å². The Morgan fingerprint density at radius 3 is 1.04 bits per heavy atom. The van der Waals surface area contributed by atoms with E-state index in [-0.39, 0.29) is 157 Å². The molecule has 0 radical (unpaired) electrons. The first-order valence-electron chi connectivity index (χ1n) is 38.5. The lowest BCUT2D eigenvalue weighted by atomic mass is 9.92. The van der Waals surface area contributed by atoms with E-state index in [0.717, 1.165) is 6.42 Å². The number of rotatable bonds is 70. The highest BCUT2D eigenvalue weighted by atomic mass is 31.2. The molecule has 0 aromatic rings. The quantitative estimate of drug-likeness (QED) is 0.0307. The molecule has 0 aromatic carbocycles. The fourth-order valence-electron chi connectivity index (χ4n) is 11.2. The van der Waals surface area contributed by atoms with Gasteiger partial charge in [0.2, 0.25) is 5.91 Å². The molecule has 44 heteroatoms. The second-order valence-corrected chi connectivity index (χ2v) is 33.7. The van der Waals surface area contributed by atoms with Gasteiger partial charge >= 0.3 is 31.3 Å². The Morgan fingerprint density at radius 2 is 0.685 bits per heavy atom. The molecule has 0 bridgehead atoms. The van der Waals surface area contributed by atoms with Crippen molar-refractivity contribution in [1.29, 1.82) is 0 Å². The van der Waals surface area contributed by atoms with Crippen molar-refractivity contribution in [2.45, 2.75) is 242 Å². The average Bonchev–Trinajstić information content (AvgIpc) is 0.840. The lowest BCUT2D eigenvalue weighted by Crippen LogP contribution is -2.64. The summed E-state index contributed by atoms with van der Waals surface area (Å²) < 4.78 is 163. The number of carbonyl (C=O) groups is 1. The number of carbonyl (C=O) groups excluding carboxylic acids is 1. The van der Waals surface area contributed by atoms with Gasteiger partial charge in [0.15, 0.2) is 18.9 Å². The molecule has 20 atom stereocenters. The molecule has 111 heavy (non-hydrogen) atoms. The number of hydrogen-bond acceptors (Lipinski definition) is 35.